The molecule has 0 aliphatic heterocycles. The van der Waals surface area contributed by atoms with Gasteiger partial charge in [-0.15, -0.1) is 11.6 Å². The summed E-state index contributed by atoms with van der Waals surface area (Å²) in [6.07, 6.45) is 1.73. The normalized spacial score (nSPS) is 9.26. The first-order valence-corrected chi connectivity index (χ1v) is 10.3. The molecule has 0 aliphatic carbocycles. The van der Waals surface area contributed by atoms with Crippen LogP contribution in [0, 0.1) is 20.2 Å². The number of phenols is 1. The minimum Gasteiger partial charge on any atom is -0.507 e. The number of nitro benzene ring substituents is 2. The van der Waals surface area contributed by atoms with E-state index >= 15 is 0 Å². The van der Waals surface area contributed by atoms with Gasteiger partial charge in [-0.3, -0.25) is 29.8 Å². The highest BCUT2D eigenvalue weighted by Crippen LogP contribution is 2.23. The fourth-order valence-corrected chi connectivity index (χ4v) is 1.83. The summed E-state index contributed by atoms with van der Waals surface area (Å²) in [4.78, 5) is 40.3. The zero-order valence-corrected chi connectivity index (χ0v) is 18.7. The van der Waals surface area contributed by atoms with Crippen molar-refractivity contribution in [2.45, 2.75) is 13.3 Å². The van der Waals surface area contributed by atoms with Crippen LogP contribution in [0.4, 0.5) is 11.4 Å². The van der Waals surface area contributed by atoms with Gasteiger partial charge in [0.15, 0.2) is 12.6 Å². The topological polar surface area (TPSA) is 150 Å². The number of ether oxygens (including phenoxy) is 1. The van der Waals surface area contributed by atoms with E-state index in [0.717, 1.165) is 30.0 Å². The Bertz CT molecular complexity index is 893. The van der Waals surface area contributed by atoms with E-state index in [2.05, 4.69) is 15.9 Å². The lowest BCUT2D eigenvalue weighted by atomic mass is 10.2. The van der Waals surface area contributed by atoms with Crippen molar-refractivity contribution in [2.75, 3.05) is 17.8 Å². The molecule has 0 fully saturated rings. The molecule has 0 atom stereocenters. The van der Waals surface area contributed by atoms with Crippen molar-refractivity contribution < 1.29 is 29.3 Å². The first kappa shape index (κ1) is 27.9. The van der Waals surface area contributed by atoms with Crippen molar-refractivity contribution in [3.8, 4) is 11.5 Å². The van der Waals surface area contributed by atoms with Crippen molar-refractivity contribution in [2.24, 2.45) is 0 Å². The van der Waals surface area contributed by atoms with E-state index in [0.29, 0.717) is 30.8 Å². The number of non-ortho nitro benzene ring substituents is 2. The molecule has 0 heterocycles. The molecule has 0 aliphatic rings. The van der Waals surface area contributed by atoms with Crippen molar-refractivity contribution in [3.63, 3.8) is 0 Å². The predicted octanol–water partition coefficient (Wildman–Crippen LogP) is 4.93. The van der Waals surface area contributed by atoms with Gasteiger partial charge >= 0.3 is 0 Å². The second-order valence-corrected chi connectivity index (χ2v) is 6.61. The number of halogens is 2. The molecule has 168 valence electrons. The number of carbonyl (C=O) groups is 2. The van der Waals surface area contributed by atoms with Crippen LogP contribution in [0.3, 0.4) is 0 Å². The van der Waals surface area contributed by atoms with E-state index in [1.807, 2.05) is 6.92 Å². The summed E-state index contributed by atoms with van der Waals surface area (Å²) in [6, 6.07) is 7.22. The Morgan fingerprint density at radius 2 is 1.52 bits per heavy atom. The minimum absolute atomic E-state index is 0.0794. The molecule has 0 unspecified atom stereocenters. The number of alkyl halides is 2. The Kier molecular flexibility index (Phi) is 14.2. The van der Waals surface area contributed by atoms with E-state index in [4.69, 9.17) is 21.4 Å². The lowest BCUT2D eigenvalue weighted by Gasteiger charge is -2.06. The summed E-state index contributed by atoms with van der Waals surface area (Å²) < 4.78 is 5.26. The lowest BCUT2D eigenvalue weighted by molar-refractivity contribution is -0.385. The highest BCUT2D eigenvalue weighted by Gasteiger charge is 2.11. The third-order valence-corrected chi connectivity index (χ3v) is 4.26. The van der Waals surface area contributed by atoms with Gasteiger partial charge in [-0.05, 0) is 18.6 Å². The van der Waals surface area contributed by atoms with E-state index in [1.165, 1.54) is 18.2 Å². The fraction of sp³-hybridized carbons (Fsp3) is 0.263. The Balaban J connectivity index is 0.000000504. The number of aldehydes is 2. The summed E-state index contributed by atoms with van der Waals surface area (Å²) in [7, 11) is 0. The largest absolute Gasteiger partial charge is 0.507 e. The number of carbonyl (C=O) groups excluding carboxylic acids is 2. The Morgan fingerprint density at radius 3 is 1.94 bits per heavy atom. The number of nitrogens with zero attached hydrogens (tertiary/aromatic N) is 2. The molecule has 2 aromatic carbocycles. The van der Waals surface area contributed by atoms with Gasteiger partial charge < -0.3 is 9.84 Å². The number of aromatic hydroxyl groups is 1. The molecule has 1 N–H and O–H groups in total. The zero-order valence-electron chi connectivity index (χ0n) is 16.4. The van der Waals surface area contributed by atoms with Crippen LogP contribution in [-0.4, -0.2) is 45.3 Å². The van der Waals surface area contributed by atoms with E-state index in [-0.39, 0.29) is 28.3 Å². The van der Waals surface area contributed by atoms with Crippen molar-refractivity contribution in [1.82, 2.24) is 0 Å². The van der Waals surface area contributed by atoms with E-state index < -0.39 is 9.85 Å². The highest BCUT2D eigenvalue weighted by atomic mass is 79.9. The molecule has 0 bridgehead atoms. The summed E-state index contributed by atoms with van der Waals surface area (Å²) in [5.74, 6) is 0.841. The van der Waals surface area contributed by atoms with Crippen molar-refractivity contribution in [1.29, 1.82) is 0 Å². The molecule has 31 heavy (non-hydrogen) atoms. The quantitative estimate of drug-likeness (QED) is 0.223. The Labute approximate surface area is 191 Å². The van der Waals surface area contributed by atoms with Crippen LogP contribution in [-0.2, 0) is 0 Å². The van der Waals surface area contributed by atoms with Gasteiger partial charge in [0, 0.05) is 35.5 Å². The van der Waals surface area contributed by atoms with Crippen LogP contribution in [0.1, 0.15) is 34.1 Å². The predicted molar refractivity (Wildman–Crippen MR) is 119 cm³/mol. The van der Waals surface area contributed by atoms with Gasteiger partial charge in [-0.25, -0.2) is 0 Å². The molecule has 0 spiro atoms. The maximum atomic E-state index is 10.7. The summed E-state index contributed by atoms with van der Waals surface area (Å²) >= 11 is 8.26. The monoisotopic (exact) mass is 518 g/mol. The molecule has 0 saturated carbocycles. The van der Waals surface area contributed by atoms with Crippen molar-refractivity contribution >= 4 is 51.5 Å². The molecule has 10 nitrogen and oxygen atoms in total. The number of benzene rings is 2. The molecule has 12 heteroatoms. The number of phenolic OH excluding ortho intramolecular Hbond substituents is 1. The van der Waals surface area contributed by atoms with Gasteiger partial charge in [0.2, 0.25) is 0 Å². The maximum Gasteiger partial charge on any atom is 0.270 e. The summed E-state index contributed by atoms with van der Waals surface area (Å²) in [5.41, 5.74) is -0.197. The van der Waals surface area contributed by atoms with E-state index in [1.54, 1.807) is 0 Å². The average Bonchev–Trinajstić information content (AvgIpc) is 2.78. The van der Waals surface area contributed by atoms with Gasteiger partial charge in [-0.1, -0.05) is 22.9 Å². The van der Waals surface area contributed by atoms with Gasteiger partial charge in [0.25, 0.3) is 11.4 Å². The van der Waals surface area contributed by atoms with Gasteiger partial charge in [-0.2, -0.15) is 0 Å². The number of rotatable bonds is 8. The number of hydrogen-bond donors (Lipinski definition) is 1. The van der Waals surface area contributed by atoms with Crippen LogP contribution in [0.2, 0.25) is 0 Å². The molecular weight excluding hydrogens is 500 g/mol. The van der Waals surface area contributed by atoms with Crippen LogP contribution in [0.15, 0.2) is 36.4 Å². The third-order valence-electron chi connectivity index (χ3n) is 3.21. The van der Waals surface area contributed by atoms with Crippen LogP contribution < -0.4 is 4.74 Å². The maximum absolute atomic E-state index is 10.7. The second kappa shape index (κ2) is 15.7. The van der Waals surface area contributed by atoms with E-state index in [9.17, 15) is 29.8 Å². The fourth-order valence-electron chi connectivity index (χ4n) is 1.83. The van der Waals surface area contributed by atoms with Gasteiger partial charge in [0.1, 0.15) is 11.5 Å². The second-order valence-electron chi connectivity index (χ2n) is 5.44. The summed E-state index contributed by atoms with van der Waals surface area (Å²) in [5, 5.41) is 30.5. The molecule has 2 aromatic rings. The first-order chi connectivity index (χ1) is 14.7. The van der Waals surface area contributed by atoms with Crippen molar-refractivity contribution in [3.05, 3.63) is 67.8 Å². The number of nitro groups is 2. The molecule has 0 aromatic heterocycles. The summed E-state index contributed by atoms with van der Waals surface area (Å²) in [6.45, 7) is 2.42. The van der Waals surface area contributed by atoms with Crippen LogP contribution in [0.25, 0.3) is 0 Å². The minimum atomic E-state index is -0.633. The molecular formula is C19H20BrClN2O8. The Morgan fingerprint density at radius 1 is 1.03 bits per heavy atom. The highest BCUT2D eigenvalue weighted by molar-refractivity contribution is 9.09. The molecule has 0 radical (unpaired) electrons. The smallest absolute Gasteiger partial charge is 0.270 e. The lowest BCUT2D eigenvalue weighted by Crippen LogP contribution is -1.99. The number of hydrogen-bond acceptors (Lipinski definition) is 8. The first-order valence-electron chi connectivity index (χ1n) is 8.66. The Hall–Kier alpha value is -3.05. The molecule has 0 saturated heterocycles. The molecule has 0 amide bonds. The third kappa shape index (κ3) is 10.5. The van der Waals surface area contributed by atoms with Crippen LogP contribution in [0.5, 0.6) is 11.5 Å². The van der Waals surface area contributed by atoms with Crippen LogP contribution >= 0.6 is 27.5 Å². The molecule has 2 rings (SSSR count). The van der Waals surface area contributed by atoms with Gasteiger partial charge in [0.05, 0.1) is 27.6 Å². The standard InChI is InChI=1S/C10H11NO4.C7H5NO4.C2H4BrCl/c1-2-5-15-10-4-3-9(11(13)14)6-8(10)7-12;9-4-5-3-6(8(11)12)1-2-7(5)10;3-1-2-4/h3-4,6-7H,2,5H2,1H3;1-4,10H;1-2H2. The zero-order chi connectivity index (χ0) is 23.8. The SMILES string of the molecule is CCCOc1ccc([N+](=O)[O-])cc1C=O.ClCCBr.O=Cc1cc([N+](=O)[O-])ccc1O. The average molecular weight is 520 g/mol.